The van der Waals surface area contributed by atoms with E-state index in [1.807, 2.05) is 0 Å². The predicted octanol–water partition coefficient (Wildman–Crippen LogP) is 1.92. The summed E-state index contributed by atoms with van der Waals surface area (Å²) < 4.78 is 5.41. The van der Waals surface area contributed by atoms with Crippen LogP contribution in [-0.4, -0.2) is 12.7 Å². The van der Waals surface area contributed by atoms with Gasteiger partial charge in [-0.15, -0.1) is 12.2 Å². The van der Waals surface area contributed by atoms with Gasteiger partial charge in [-0.05, 0) is 18.1 Å². The maximum Gasteiger partial charge on any atom is 0.105 e. The first-order valence-corrected chi connectivity index (χ1v) is 3.92. The molecule has 1 nitrogen and oxygen atoms in total. The van der Waals surface area contributed by atoms with Crippen LogP contribution in [0.15, 0.2) is 30.5 Å². The molecule has 1 fully saturated rings. The van der Waals surface area contributed by atoms with Gasteiger partial charge in [-0.25, -0.2) is 0 Å². The second-order valence-corrected chi connectivity index (χ2v) is 2.75. The molecule has 62 valence electrons. The van der Waals surface area contributed by atoms with Gasteiger partial charge in [-0.3, -0.25) is 0 Å². The fraction of sp³-hybridized carbons (Fsp3) is 0.364. The fourth-order valence-corrected chi connectivity index (χ4v) is 1.26. The summed E-state index contributed by atoms with van der Waals surface area (Å²) >= 11 is 0. The molecule has 0 aromatic heterocycles. The molecule has 0 aliphatic carbocycles. The molecule has 0 radical (unpaired) electrons. The lowest BCUT2D eigenvalue weighted by Crippen LogP contribution is -2.25. The minimum Gasteiger partial charge on any atom is -0.369 e. The van der Waals surface area contributed by atoms with Crippen molar-refractivity contribution < 1.29 is 4.74 Å². The Morgan fingerprint density at radius 3 is 3.00 bits per heavy atom. The van der Waals surface area contributed by atoms with Crippen molar-refractivity contribution >= 4 is 0 Å². The van der Waals surface area contributed by atoms with Crippen molar-refractivity contribution in [1.82, 2.24) is 0 Å². The first-order chi connectivity index (χ1) is 5.79. The lowest BCUT2D eigenvalue weighted by Gasteiger charge is -2.26. The Hall–Kier alpha value is -1.22. The third kappa shape index (κ3) is 1.68. The van der Waals surface area contributed by atoms with Crippen LogP contribution in [0.25, 0.3) is 0 Å². The van der Waals surface area contributed by atoms with Gasteiger partial charge in [-0.2, -0.15) is 0 Å². The van der Waals surface area contributed by atoms with E-state index >= 15 is 0 Å². The Balaban J connectivity index is 2.73. The monoisotopic (exact) mass is 160 g/mol. The molecular formula is C11H12O. The molecule has 1 heterocycles. The van der Waals surface area contributed by atoms with E-state index in [2.05, 4.69) is 24.8 Å². The van der Waals surface area contributed by atoms with Crippen molar-refractivity contribution in [1.29, 1.82) is 0 Å². The Kier molecular flexibility index (Phi) is 2.94. The standard InChI is InChI=1S/C11H12O/c1-4-6-11-9(3)10(5-2)7-8-12-11/h2,6,10-11H,1,3,7-8H2/t10-,11?/m1/s1. The van der Waals surface area contributed by atoms with Crippen molar-refractivity contribution in [2.45, 2.75) is 12.5 Å². The van der Waals surface area contributed by atoms with Gasteiger partial charge in [0, 0.05) is 12.5 Å². The third-order valence-electron chi connectivity index (χ3n) is 1.99. The van der Waals surface area contributed by atoms with E-state index in [-0.39, 0.29) is 12.0 Å². The lowest BCUT2D eigenvalue weighted by atomic mass is 9.91. The minimum absolute atomic E-state index is 0.0858. The van der Waals surface area contributed by atoms with Crippen molar-refractivity contribution in [3.8, 4) is 12.3 Å². The lowest BCUT2D eigenvalue weighted by molar-refractivity contribution is 0.0722. The molecule has 0 aromatic carbocycles. The summed E-state index contributed by atoms with van der Waals surface area (Å²) in [6.07, 6.45) is 7.88. The number of hydrogen-bond acceptors (Lipinski definition) is 1. The van der Waals surface area contributed by atoms with Crippen LogP contribution in [0.3, 0.4) is 0 Å². The molecule has 1 unspecified atom stereocenters. The highest BCUT2D eigenvalue weighted by Crippen LogP contribution is 2.24. The molecule has 0 N–H and O–H groups in total. The molecule has 1 heteroatoms. The first-order valence-electron chi connectivity index (χ1n) is 3.92. The molecule has 0 aromatic rings. The largest absolute Gasteiger partial charge is 0.369 e. The number of hydrogen-bond donors (Lipinski definition) is 0. The molecule has 0 bridgehead atoms. The summed E-state index contributed by atoms with van der Waals surface area (Å²) in [5, 5.41) is 0. The summed E-state index contributed by atoms with van der Waals surface area (Å²) in [4.78, 5) is 0. The van der Waals surface area contributed by atoms with Gasteiger partial charge in [0.15, 0.2) is 0 Å². The highest BCUT2D eigenvalue weighted by Gasteiger charge is 2.22. The second-order valence-electron chi connectivity index (χ2n) is 2.75. The second kappa shape index (κ2) is 3.97. The zero-order chi connectivity index (χ0) is 8.97. The van der Waals surface area contributed by atoms with E-state index in [1.165, 1.54) is 0 Å². The van der Waals surface area contributed by atoms with Gasteiger partial charge >= 0.3 is 0 Å². The van der Waals surface area contributed by atoms with Gasteiger partial charge in [-0.1, -0.05) is 19.1 Å². The predicted molar refractivity (Wildman–Crippen MR) is 49.5 cm³/mol. The van der Waals surface area contributed by atoms with Gasteiger partial charge in [0.2, 0.25) is 0 Å². The van der Waals surface area contributed by atoms with Crippen LogP contribution in [0.2, 0.25) is 0 Å². The molecule has 1 aliphatic rings. The summed E-state index contributed by atoms with van der Waals surface area (Å²) in [5.74, 6) is 2.84. The van der Waals surface area contributed by atoms with Crippen LogP contribution in [0.4, 0.5) is 0 Å². The van der Waals surface area contributed by atoms with E-state index in [4.69, 9.17) is 11.2 Å². The van der Waals surface area contributed by atoms with Crippen LogP contribution in [0.5, 0.6) is 0 Å². The van der Waals surface area contributed by atoms with Crippen molar-refractivity contribution in [3.63, 3.8) is 0 Å². The van der Waals surface area contributed by atoms with Crippen LogP contribution >= 0.6 is 0 Å². The minimum atomic E-state index is -0.0858. The van der Waals surface area contributed by atoms with Gasteiger partial charge in [0.05, 0.1) is 0 Å². The maximum absolute atomic E-state index is 5.41. The first kappa shape index (κ1) is 8.87. The molecule has 1 aliphatic heterocycles. The van der Waals surface area contributed by atoms with Crippen LogP contribution < -0.4 is 0 Å². The van der Waals surface area contributed by atoms with E-state index in [0.717, 1.165) is 12.0 Å². The van der Waals surface area contributed by atoms with E-state index in [1.54, 1.807) is 6.08 Å². The molecule has 0 saturated carbocycles. The summed E-state index contributed by atoms with van der Waals surface area (Å²) in [6, 6.07) is 0. The zero-order valence-electron chi connectivity index (χ0n) is 7.05. The maximum atomic E-state index is 5.41. The average molecular weight is 160 g/mol. The fourth-order valence-electron chi connectivity index (χ4n) is 1.26. The zero-order valence-corrected chi connectivity index (χ0v) is 7.05. The number of rotatable bonds is 1. The molecule has 1 saturated heterocycles. The smallest absolute Gasteiger partial charge is 0.105 e. The Morgan fingerprint density at radius 1 is 1.67 bits per heavy atom. The van der Waals surface area contributed by atoms with Crippen molar-refractivity contribution in [2.24, 2.45) is 5.92 Å². The van der Waals surface area contributed by atoms with Crippen molar-refractivity contribution in [2.75, 3.05) is 6.61 Å². The third-order valence-corrected chi connectivity index (χ3v) is 1.99. The molecule has 0 spiro atoms. The van der Waals surface area contributed by atoms with Crippen molar-refractivity contribution in [3.05, 3.63) is 30.5 Å². The number of terminal acetylenes is 1. The molecule has 1 rings (SSSR count). The van der Waals surface area contributed by atoms with Gasteiger partial charge in [0.25, 0.3) is 0 Å². The summed E-state index contributed by atoms with van der Waals surface area (Å²) in [6.45, 7) is 8.08. The summed E-state index contributed by atoms with van der Waals surface area (Å²) in [7, 11) is 0. The number of ether oxygens (including phenoxy) is 1. The molecule has 12 heavy (non-hydrogen) atoms. The average Bonchev–Trinajstić information content (AvgIpc) is 2.09. The Bertz CT molecular complexity index is 263. The van der Waals surface area contributed by atoms with Crippen LogP contribution in [0.1, 0.15) is 6.42 Å². The van der Waals surface area contributed by atoms with Crippen LogP contribution in [-0.2, 0) is 4.74 Å². The van der Waals surface area contributed by atoms with Gasteiger partial charge < -0.3 is 4.74 Å². The van der Waals surface area contributed by atoms with E-state index < -0.39 is 0 Å². The van der Waals surface area contributed by atoms with E-state index in [0.29, 0.717) is 6.61 Å². The highest BCUT2D eigenvalue weighted by atomic mass is 16.5. The van der Waals surface area contributed by atoms with Gasteiger partial charge in [0.1, 0.15) is 6.10 Å². The quantitative estimate of drug-likeness (QED) is 0.323. The molecular weight excluding hydrogens is 148 g/mol. The SMILES string of the molecule is C#C[C@@H]1CCOC(C=C=C)C1=C. The molecule has 2 atom stereocenters. The molecule has 0 amide bonds. The van der Waals surface area contributed by atoms with Crippen LogP contribution in [0, 0.1) is 18.3 Å². The Morgan fingerprint density at radius 2 is 2.42 bits per heavy atom. The topological polar surface area (TPSA) is 9.23 Å². The highest BCUT2D eigenvalue weighted by molar-refractivity contribution is 5.23. The van der Waals surface area contributed by atoms with E-state index in [9.17, 15) is 0 Å². The summed E-state index contributed by atoms with van der Waals surface area (Å²) in [5.41, 5.74) is 3.63. The normalized spacial score (nSPS) is 28.8. The Labute approximate surface area is 73.4 Å².